The molecule has 0 saturated heterocycles. The highest BCUT2D eigenvalue weighted by molar-refractivity contribution is 5.91. The van der Waals surface area contributed by atoms with Crippen LogP contribution < -0.4 is 0 Å². The van der Waals surface area contributed by atoms with E-state index in [0.29, 0.717) is 0 Å². The second kappa shape index (κ2) is 6.11. The zero-order valence-corrected chi connectivity index (χ0v) is 6.23. The van der Waals surface area contributed by atoms with E-state index in [0.717, 1.165) is 12.2 Å². The van der Waals surface area contributed by atoms with Crippen molar-refractivity contribution in [3.63, 3.8) is 0 Å². The van der Waals surface area contributed by atoms with Gasteiger partial charge in [0.15, 0.2) is 0 Å². The predicted octanol–water partition coefficient (Wildman–Crippen LogP) is 0.288. The summed E-state index contributed by atoms with van der Waals surface area (Å²) in [5, 5.41) is 7.75. The minimum atomic E-state index is -1.04. The molecule has 66 valence electrons. The second-order valence-corrected chi connectivity index (χ2v) is 1.66. The van der Waals surface area contributed by atoms with Crippen molar-refractivity contribution in [3.8, 4) is 0 Å². The molecule has 0 saturated carbocycles. The Morgan fingerprint density at radius 3 is 2.42 bits per heavy atom. The van der Waals surface area contributed by atoms with Gasteiger partial charge in [-0.25, -0.2) is 9.59 Å². The zero-order chi connectivity index (χ0) is 9.40. The third-order valence-electron chi connectivity index (χ3n) is 0.789. The average molecular weight is 172 g/mol. The normalized spacial score (nSPS) is 9.42. The van der Waals surface area contributed by atoms with Gasteiger partial charge in [-0.05, 0) is 0 Å². The van der Waals surface area contributed by atoms with Gasteiger partial charge >= 0.3 is 11.9 Å². The van der Waals surface area contributed by atoms with Crippen LogP contribution in [0.5, 0.6) is 0 Å². The van der Waals surface area contributed by atoms with E-state index in [1.807, 2.05) is 0 Å². The van der Waals surface area contributed by atoms with Crippen LogP contribution in [0, 0.1) is 0 Å². The Morgan fingerprint density at radius 1 is 1.33 bits per heavy atom. The van der Waals surface area contributed by atoms with Crippen LogP contribution in [-0.4, -0.2) is 23.8 Å². The van der Waals surface area contributed by atoms with Crippen LogP contribution in [-0.2, 0) is 19.2 Å². The Balaban J connectivity index is 3.75. The zero-order valence-electron chi connectivity index (χ0n) is 6.23. The monoisotopic (exact) mass is 172 g/mol. The first-order valence-corrected chi connectivity index (χ1v) is 3.01. The average Bonchev–Trinajstić information content (AvgIpc) is 2.10. The summed E-state index contributed by atoms with van der Waals surface area (Å²) in [6.45, 7) is 3.38. The largest absolute Gasteiger partial charge is 0.458 e. The van der Waals surface area contributed by atoms with Crippen LogP contribution in [0.4, 0.5) is 0 Å². The van der Waals surface area contributed by atoms with Gasteiger partial charge in [-0.2, -0.15) is 5.26 Å². The summed E-state index contributed by atoms with van der Waals surface area (Å²) in [5.74, 6) is -1.74. The molecule has 0 spiro atoms. The van der Waals surface area contributed by atoms with Gasteiger partial charge in [0.1, 0.15) is 6.61 Å². The summed E-state index contributed by atoms with van der Waals surface area (Å²) >= 11 is 0. The van der Waals surface area contributed by atoms with Gasteiger partial charge in [0.2, 0.25) is 0 Å². The lowest BCUT2D eigenvalue weighted by Gasteiger charge is -1.93. The Morgan fingerprint density at radius 2 is 1.92 bits per heavy atom. The second-order valence-electron chi connectivity index (χ2n) is 1.66. The summed E-state index contributed by atoms with van der Waals surface area (Å²) in [5.41, 5.74) is 0. The van der Waals surface area contributed by atoms with Gasteiger partial charge in [-0.15, -0.1) is 0 Å². The standard InChI is InChI=1S/C7H8O5/c1-2-5-11-6(8)3-4-7(9)12-10/h2-4,10H,1,5H2/b4-3-. The molecule has 0 rings (SSSR count). The summed E-state index contributed by atoms with van der Waals surface area (Å²) in [7, 11) is 0. The molecule has 0 bridgehead atoms. The Bertz CT molecular complexity index is 206. The van der Waals surface area contributed by atoms with Gasteiger partial charge in [-0.3, -0.25) is 4.89 Å². The third kappa shape index (κ3) is 5.19. The van der Waals surface area contributed by atoms with Crippen LogP contribution in [0.2, 0.25) is 0 Å². The number of rotatable bonds is 4. The van der Waals surface area contributed by atoms with Crippen molar-refractivity contribution in [3.05, 3.63) is 24.8 Å². The molecule has 0 unspecified atom stereocenters. The van der Waals surface area contributed by atoms with Gasteiger partial charge in [0.25, 0.3) is 0 Å². The van der Waals surface area contributed by atoms with Crippen LogP contribution in [0.3, 0.4) is 0 Å². The number of carbonyl (C=O) groups is 2. The summed E-state index contributed by atoms with van der Waals surface area (Å²) in [6.07, 6.45) is 2.96. The van der Waals surface area contributed by atoms with E-state index in [1.54, 1.807) is 0 Å². The van der Waals surface area contributed by atoms with E-state index in [1.165, 1.54) is 6.08 Å². The van der Waals surface area contributed by atoms with E-state index < -0.39 is 11.9 Å². The van der Waals surface area contributed by atoms with Crippen LogP contribution in [0.15, 0.2) is 24.8 Å². The Kier molecular flexibility index (Phi) is 5.29. The lowest BCUT2D eigenvalue weighted by Crippen LogP contribution is -2.02. The molecule has 0 aromatic carbocycles. The summed E-state index contributed by atoms with van der Waals surface area (Å²) in [6, 6.07) is 0. The van der Waals surface area contributed by atoms with E-state index in [9.17, 15) is 9.59 Å². The van der Waals surface area contributed by atoms with Crippen LogP contribution in [0.25, 0.3) is 0 Å². The van der Waals surface area contributed by atoms with Crippen molar-refractivity contribution < 1.29 is 24.5 Å². The third-order valence-corrected chi connectivity index (χ3v) is 0.789. The number of hydrogen-bond acceptors (Lipinski definition) is 5. The minimum Gasteiger partial charge on any atom is -0.458 e. The highest BCUT2D eigenvalue weighted by atomic mass is 17.1. The molecule has 0 heterocycles. The maximum absolute atomic E-state index is 10.6. The van der Waals surface area contributed by atoms with E-state index in [-0.39, 0.29) is 6.61 Å². The van der Waals surface area contributed by atoms with Gasteiger partial charge in [-0.1, -0.05) is 12.7 Å². The van der Waals surface area contributed by atoms with Crippen LogP contribution >= 0.6 is 0 Å². The number of esters is 1. The van der Waals surface area contributed by atoms with E-state index in [4.69, 9.17) is 5.26 Å². The van der Waals surface area contributed by atoms with Crippen molar-refractivity contribution in [1.82, 2.24) is 0 Å². The quantitative estimate of drug-likeness (QED) is 0.217. The number of hydrogen-bond donors (Lipinski definition) is 1. The molecule has 0 aromatic heterocycles. The number of ether oxygens (including phenoxy) is 1. The predicted molar refractivity (Wildman–Crippen MR) is 39.0 cm³/mol. The smallest absolute Gasteiger partial charge is 0.365 e. The molecule has 0 atom stereocenters. The molecule has 1 N–H and O–H groups in total. The van der Waals surface area contributed by atoms with E-state index in [2.05, 4.69) is 16.2 Å². The van der Waals surface area contributed by atoms with Gasteiger partial charge in [0, 0.05) is 12.2 Å². The first-order chi connectivity index (χ1) is 5.70. The molecule has 0 aliphatic carbocycles. The molecule has 0 aromatic rings. The fourth-order valence-corrected chi connectivity index (χ4v) is 0.356. The molecule has 0 fully saturated rings. The van der Waals surface area contributed by atoms with Crippen molar-refractivity contribution in [2.75, 3.05) is 6.61 Å². The Hall–Kier alpha value is -1.62. The molecule has 5 heteroatoms. The first-order valence-electron chi connectivity index (χ1n) is 3.01. The topological polar surface area (TPSA) is 72.8 Å². The van der Waals surface area contributed by atoms with E-state index >= 15 is 0 Å². The molecular formula is C7H8O5. The van der Waals surface area contributed by atoms with Gasteiger partial charge < -0.3 is 4.74 Å². The summed E-state index contributed by atoms with van der Waals surface area (Å²) < 4.78 is 4.45. The van der Waals surface area contributed by atoms with Crippen molar-refractivity contribution in [2.24, 2.45) is 0 Å². The molecule has 0 amide bonds. The lowest BCUT2D eigenvalue weighted by molar-refractivity contribution is -0.228. The van der Waals surface area contributed by atoms with Crippen molar-refractivity contribution in [2.45, 2.75) is 0 Å². The minimum absolute atomic E-state index is 0.0668. The Labute approximate surface area is 68.8 Å². The van der Waals surface area contributed by atoms with Crippen molar-refractivity contribution >= 4 is 11.9 Å². The molecular weight excluding hydrogens is 164 g/mol. The maximum Gasteiger partial charge on any atom is 0.365 e. The molecule has 12 heavy (non-hydrogen) atoms. The maximum atomic E-state index is 10.6. The fourth-order valence-electron chi connectivity index (χ4n) is 0.356. The molecule has 0 aliphatic heterocycles. The molecule has 0 radical (unpaired) electrons. The molecule has 5 nitrogen and oxygen atoms in total. The van der Waals surface area contributed by atoms with Crippen molar-refractivity contribution in [1.29, 1.82) is 0 Å². The fraction of sp³-hybridized carbons (Fsp3) is 0.143. The van der Waals surface area contributed by atoms with Gasteiger partial charge in [0.05, 0.1) is 0 Å². The molecule has 0 aliphatic rings. The first kappa shape index (κ1) is 10.4. The number of carbonyl (C=O) groups excluding carboxylic acids is 2. The SMILES string of the molecule is C=CCOC(=O)/C=C\C(=O)OO. The highest BCUT2D eigenvalue weighted by Crippen LogP contribution is 1.83. The van der Waals surface area contributed by atoms with Crippen LogP contribution in [0.1, 0.15) is 0 Å². The lowest BCUT2D eigenvalue weighted by atomic mass is 10.5. The summed E-state index contributed by atoms with van der Waals surface area (Å²) in [4.78, 5) is 24.0. The highest BCUT2D eigenvalue weighted by Gasteiger charge is 1.97.